The van der Waals surface area contributed by atoms with E-state index in [1.54, 1.807) is 14.2 Å². The summed E-state index contributed by atoms with van der Waals surface area (Å²) in [4.78, 5) is 16.6. The van der Waals surface area contributed by atoms with Crippen LogP contribution >= 0.6 is 0 Å². The van der Waals surface area contributed by atoms with Gasteiger partial charge in [0, 0.05) is 75.9 Å². The molecule has 1 aromatic rings. The number of piperazine rings is 1. The first-order valence-electron chi connectivity index (χ1n) is 13.4. The van der Waals surface area contributed by atoms with E-state index in [1.807, 2.05) is 13.0 Å². The van der Waals surface area contributed by atoms with Crippen LogP contribution in [0, 0.1) is 23.7 Å². The second-order valence-corrected chi connectivity index (χ2v) is 11.2. The number of carbonyl (C=O) groups excluding carboxylic acids is 1. The Hall–Kier alpha value is -2.25. The first kappa shape index (κ1) is 26.8. The Morgan fingerprint density at radius 1 is 1.11 bits per heavy atom. The molecular formula is C29H44N2O5. The van der Waals surface area contributed by atoms with Gasteiger partial charge in [0.05, 0.1) is 19.8 Å². The molecule has 1 unspecified atom stereocenters. The average molecular weight is 501 g/mol. The van der Waals surface area contributed by atoms with Crippen LogP contribution in [0.3, 0.4) is 0 Å². The zero-order chi connectivity index (χ0) is 26.0. The quantitative estimate of drug-likeness (QED) is 0.446. The Morgan fingerprint density at radius 3 is 2.33 bits per heavy atom. The highest BCUT2D eigenvalue weighted by Gasteiger charge is 2.52. The Kier molecular flexibility index (Phi) is 8.20. The highest BCUT2D eigenvalue weighted by Crippen LogP contribution is 2.51. The molecule has 2 fully saturated rings. The summed E-state index contributed by atoms with van der Waals surface area (Å²) < 4.78 is 16.5. The van der Waals surface area contributed by atoms with E-state index in [0.29, 0.717) is 18.3 Å². The van der Waals surface area contributed by atoms with Crippen LogP contribution in [0.5, 0.6) is 11.5 Å². The number of rotatable bonds is 7. The van der Waals surface area contributed by atoms with Crippen LogP contribution < -0.4 is 14.4 Å². The van der Waals surface area contributed by atoms with Gasteiger partial charge in [-0.25, -0.2) is 0 Å². The Bertz CT molecular complexity index is 935. The van der Waals surface area contributed by atoms with Crippen molar-refractivity contribution in [3.05, 3.63) is 29.8 Å². The number of hydrogen-bond acceptors (Lipinski definition) is 7. The molecule has 1 aliphatic heterocycles. The number of anilines is 1. The molecule has 0 aromatic heterocycles. The predicted molar refractivity (Wildman–Crippen MR) is 142 cm³/mol. The van der Waals surface area contributed by atoms with E-state index in [9.17, 15) is 9.90 Å². The van der Waals surface area contributed by atoms with Crippen LogP contribution in [0.4, 0.5) is 5.69 Å². The summed E-state index contributed by atoms with van der Waals surface area (Å²) >= 11 is 0. The molecule has 200 valence electrons. The highest BCUT2D eigenvalue weighted by atomic mass is 16.5. The molecule has 0 bridgehead atoms. The fraction of sp³-hybridized carbons (Fsp3) is 0.690. The molecule has 36 heavy (non-hydrogen) atoms. The normalized spacial score (nSPS) is 31.8. The van der Waals surface area contributed by atoms with Gasteiger partial charge in [-0.05, 0) is 43.1 Å². The molecule has 1 N–H and O–H groups in total. The van der Waals surface area contributed by atoms with Gasteiger partial charge in [-0.2, -0.15) is 0 Å². The molecule has 0 radical (unpaired) electrons. The maximum atomic E-state index is 11.9. The van der Waals surface area contributed by atoms with Gasteiger partial charge in [0.2, 0.25) is 0 Å². The standard InChI is InChI=1S/C29H44N2O5/c1-19-13-27-26(8-7-21(3)29(27,33)17-28(19)36-22(4)32)20(2)18-30-9-11-31(12-10-30)23-14-24(34-5)16-25(15-23)35-6/h13-16,20-21,26-28,33H,7-12,17-18H2,1-6H3/t20?,21-,26+,27-,28-,29-/m1/s1. The van der Waals surface area contributed by atoms with E-state index < -0.39 is 5.60 Å². The van der Waals surface area contributed by atoms with Crippen molar-refractivity contribution in [2.24, 2.45) is 23.7 Å². The molecule has 0 amide bonds. The monoisotopic (exact) mass is 500 g/mol. The van der Waals surface area contributed by atoms with Gasteiger partial charge in [-0.15, -0.1) is 0 Å². The van der Waals surface area contributed by atoms with E-state index in [2.05, 4.69) is 41.9 Å². The summed E-state index contributed by atoms with van der Waals surface area (Å²) in [6.45, 7) is 13.0. The van der Waals surface area contributed by atoms with Crippen molar-refractivity contribution in [2.45, 2.75) is 58.7 Å². The van der Waals surface area contributed by atoms with Crippen LogP contribution in [-0.4, -0.2) is 74.6 Å². The minimum Gasteiger partial charge on any atom is -0.497 e. The molecule has 2 aliphatic carbocycles. The third-order valence-electron chi connectivity index (χ3n) is 8.95. The van der Waals surface area contributed by atoms with Crippen molar-refractivity contribution in [1.29, 1.82) is 0 Å². The molecule has 1 saturated carbocycles. The van der Waals surface area contributed by atoms with Crippen molar-refractivity contribution >= 4 is 11.7 Å². The number of aliphatic hydroxyl groups is 1. The van der Waals surface area contributed by atoms with Crippen molar-refractivity contribution < 1.29 is 24.1 Å². The van der Waals surface area contributed by atoms with Gasteiger partial charge >= 0.3 is 5.97 Å². The highest BCUT2D eigenvalue weighted by molar-refractivity contribution is 5.66. The number of carbonyl (C=O) groups is 1. The summed E-state index contributed by atoms with van der Waals surface area (Å²) in [6.07, 6.45) is 4.55. The molecular weight excluding hydrogens is 456 g/mol. The largest absolute Gasteiger partial charge is 0.497 e. The summed E-state index contributed by atoms with van der Waals surface area (Å²) in [6, 6.07) is 6.06. The van der Waals surface area contributed by atoms with Crippen LogP contribution in [0.25, 0.3) is 0 Å². The maximum Gasteiger partial charge on any atom is 0.303 e. The SMILES string of the molecule is COc1cc(OC)cc(N2CCN(CC(C)[C@@H]3CC[C@@H](C)[C@]4(O)C[C@@H](OC(C)=O)C(C)=C[C@H]34)CC2)c1. The van der Waals surface area contributed by atoms with E-state index in [-0.39, 0.29) is 23.9 Å². The van der Waals surface area contributed by atoms with Gasteiger partial charge in [-0.3, -0.25) is 9.69 Å². The average Bonchev–Trinajstić information content (AvgIpc) is 2.85. The summed E-state index contributed by atoms with van der Waals surface area (Å²) in [5.74, 6) is 2.52. The fourth-order valence-corrected chi connectivity index (χ4v) is 6.70. The first-order valence-corrected chi connectivity index (χ1v) is 13.4. The van der Waals surface area contributed by atoms with E-state index in [0.717, 1.165) is 68.3 Å². The Balaban J connectivity index is 1.40. The lowest BCUT2D eigenvalue weighted by Crippen LogP contribution is -2.56. The number of methoxy groups -OCH3 is 2. The number of nitrogens with zero attached hydrogens (tertiary/aromatic N) is 2. The van der Waals surface area contributed by atoms with E-state index in [1.165, 1.54) is 6.92 Å². The number of fused-ring (bicyclic) bond motifs is 1. The summed E-state index contributed by atoms with van der Waals surface area (Å²) in [5, 5.41) is 11.9. The van der Waals surface area contributed by atoms with Crippen molar-refractivity contribution in [1.82, 2.24) is 4.90 Å². The second kappa shape index (κ2) is 11.0. The number of hydrogen-bond donors (Lipinski definition) is 1. The smallest absolute Gasteiger partial charge is 0.303 e. The van der Waals surface area contributed by atoms with Gasteiger partial charge < -0.3 is 24.2 Å². The molecule has 1 aromatic carbocycles. The lowest BCUT2D eigenvalue weighted by atomic mass is 9.57. The fourth-order valence-electron chi connectivity index (χ4n) is 6.70. The van der Waals surface area contributed by atoms with Gasteiger partial charge in [0.25, 0.3) is 0 Å². The molecule has 7 heteroatoms. The second-order valence-electron chi connectivity index (χ2n) is 11.2. The molecule has 6 atom stereocenters. The van der Waals surface area contributed by atoms with Crippen LogP contribution in [0.2, 0.25) is 0 Å². The van der Waals surface area contributed by atoms with E-state index in [4.69, 9.17) is 14.2 Å². The van der Waals surface area contributed by atoms with E-state index >= 15 is 0 Å². The predicted octanol–water partition coefficient (Wildman–Crippen LogP) is 4.14. The first-order chi connectivity index (χ1) is 17.1. The number of benzene rings is 1. The van der Waals surface area contributed by atoms with Gasteiger partial charge in [-0.1, -0.05) is 19.9 Å². The van der Waals surface area contributed by atoms with Gasteiger partial charge in [0.1, 0.15) is 17.6 Å². The summed E-state index contributed by atoms with van der Waals surface area (Å²) in [7, 11) is 3.37. The lowest BCUT2D eigenvalue weighted by molar-refractivity contribution is -0.159. The third-order valence-corrected chi connectivity index (χ3v) is 8.95. The molecule has 1 heterocycles. The zero-order valence-corrected chi connectivity index (χ0v) is 22.8. The molecule has 3 aliphatic rings. The lowest BCUT2D eigenvalue weighted by Gasteiger charge is -2.53. The van der Waals surface area contributed by atoms with Crippen molar-refractivity contribution in [2.75, 3.05) is 51.8 Å². The Morgan fingerprint density at radius 2 is 1.75 bits per heavy atom. The minimum absolute atomic E-state index is 0.105. The Labute approximate surface area is 216 Å². The molecule has 4 rings (SSSR count). The van der Waals surface area contributed by atoms with Crippen LogP contribution in [0.1, 0.15) is 47.0 Å². The topological polar surface area (TPSA) is 71.5 Å². The third kappa shape index (κ3) is 5.52. The molecule has 0 spiro atoms. The van der Waals surface area contributed by atoms with Crippen LogP contribution in [0.15, 0.2) is 29.8 Å². The van der Waals surface area contributed by atoms with Crippen LogP contribution in [-0.2, 0) is 9.53 Å². The summed E-state index contributed by atoms with van der Waals surface area (Å²) in [5.41, 5.74) is 1.39. The zero-order valence-electron chi connectivity index (χ0n) is 22.8. The number of esters is 1. The minimum atomic E-state index is -0.819. The molecule has 1 saturated heterocycles. The van der Waals surface area contributed by atoms with Gasteiger partial charge in [0.15, 0.2) is 0 Å². The molecule has 7 nitrogen and oxygen atoms in total. The van der Waals surface area contributed by atoms with Crippen molar-refractivity contribution in [3.63, 3.8) is 0 Å². The number of ether oxygens (including phenoxy) is 3. The maximum absolute atomic E-state index is 11.9. The van der Waals surface area contributed by atoms with Crippen molar-refractivity contribution in [3.8, 4) is 11.5 Å².